The van der Waals surface area contributed by atoms with E-state index in [2.05, 4.69) is 5.32 Å². The average Bonchev–Trinajstić information content (AvgIpc) is 2.45. The summed E-state index contributed by atoms with van der Waals surface area (Å²) >= 11 is 0. The van der Waals surface area contributed by atoms with Gasteiger partial charge in [0.15, 0.2) is 0 Å². The number of nitro groups is 1. The number of esters is 1. The highest BCUT2D eigenvalue weighted by Gasteiger charge is 2.45. The SMILES string of the molecule is COC(=O)C(C)(C)C(C)(C)Nc1ccc(C#N)cc1[N+](=O)[O-]. The number of nitro benzene ring substituents is 1. The van der Waals surface area contributed by atoms with Gasteiger partial charge in [-0.15, -0.1) is 0 Å². The minimum atomic E-state index is -0.927. The molecule has 118 valence electrons. The number of ether oxygens (including phenoxy) is 1. The summed E-state index contributed by atoms with van der Waals surface area (Å²) in [4.78, 5) is 22.6. The second kappa shape index (κ2) is 6.02. The molecular formula is C15H19N3O4. The zero-order chi connectivity index (χ0) is 17.1. The van der Waals surface area contributed by atoms with E-state index in [9.17, 15) is 14.9 Å². The van der Waals surface area contributed by atoms with Crippen molar-refractivity contribution in [1.82, 2.24) is 0 Å². The standard InChI is InChI=1S/C15H19N3O4/c1-14(2,13(19)22-5)15(3,4)17-11-7-6-10(9-16)8-12(11)18(20)21/h6-8,17H,1-5H3. The van der Waals surface area contributed by atoms with E-state index >= 15 is 0 Å². The minimum absolute atomic E-state index is 0.197. The van der Waals surface area contributed by atoms with E-state index in [1.165, 1.54) is 25.3 Å². The maximum Gasteiger partial charge on any atom is 0.313 e. The van der Waals surface area contributed by atoms with Gasteiger partial charge in [0.2, 0.25) is 0 Å². The van der Waals surface area contributed by atoms with Crippen LogP contribution in [0.5, 0.6) is 0 Å². The highest BCUT2D eigenvalue weighted by atomic mass is 16.6. The molecule has 7 nitrogen and oxygen atoms in total. The topological polar surface area (TPSA) is 105 Å². The number of carbonyl (C=O) groups excluding carboxylic acids is 1. The smallest absolute Gasteiger partial charge is 0.313 e. The Hall–Kier alpha value is -2.62. The third-order valence-electron chi connectivity index (χ3n) is 4.03. The predicted octanol–water partition coefficient (Wildman–Crippen LogP) is 2.86. The molecule has 7 heteroatoms. The molecule has 0 amide bonds. The van der Waals surface area contributed by atoms with Crippen LogP contribution in [-0.2, 0) is 9.53 Å². The van der Waals surface area contributed by atoms with Crippen molar-refractivity contribution in [2.24, 2.45) is 5.41 Å². The third-order valence-corrected chi connectivity index (χ3v) is 4.03. The Morgan fingerprint density at radius 2 is 1.95 bits per heavy atom. The first-order chi connectivity index (χ1) is 10.1. The van der Waals surface area contributed by atoms with Gasteiger partial charge >= 0.3 is 5.97 Å². The first-order valence-electron chi connectivity index (χ1n) is 6.62. The van der Waals surface area contributed by atoms with Crippen LogP contribution in [-0.4, -0.2) is 23.5 Å². The number of methoxy groups -OCH3 is 1. The molecule has 0 saturated carbocycles. The van der Waals surface area contributed by atoms with Crippen LogP contribution in [0.25, 0.3) is 0 Å². The van der Waals surface area contributed by atoms with E-state index in [1.54, 1.807) is 27.7 Å². The van der Waals surface area contributed by atoms with Crippen LogP contribution in [0, 0.1) is 26.9 Å². The third kappa shape index (κ3) is 3.17. The number of anilines is 1. The molecule has 0 atom stereocenters. The minimum Gasteiger partial charge on any atom is -0.469 e. The van der Waals surface area contributed by atoms with Crippen molar-refractivity contribution in [3.8, 4) is 6.07 Å². The number of carbonyl (C=O) groups is 1. The summed E-state index contributed by atoms with van der Waals surface area (Å²) < 4.78 is 4.80. The summed E-state index contributed by atoms with van der Waals surface area (Å²) in [6.07, 6.45) is 0. The summed E-state index contributed by atoms with van der Waals surface area (Å²) in [6.45, 7) is 6.90. The summed E-state index contributed by atoms with van der Waals surface area (Å²) in [6, 6.07) is 6.01. The van der Waals surface area contributed by atoms with E-state index in [0.717, 1.165) is 0 Å². The number of nitriles is 1. The fourth-order valence-corrected chi connectivity index (χ4v) is 1.86. The first kappa shape index (κ1) is 17.4. The lowest BCUT2D eigenvalue weighted by atomic mass is 9.74. The number of nitrogens with one attached hydrogen (secondary N) is 1. The molecule has 1 rings (SSSR count). The molecule has 0 radical (unpaired) electrons. The molecule has 0 saturated heterocycles. The second-order valence-electron chi connectivity index (χ2n) is 5.97. The van der Waals surface area contributed by atoms with Crippen molar-refractivity contribution in [3.63, 3.8) is 0 Å². The molecule has 1 N–H and O–H groups in total. The largest absolute Gasteiger partial charge is 0.469 e. The molecule has 0 spiro atoms. The Morgan fingerprint density at radius 3 is 2.41 bits per heavy atom. The summed E-state index contributed by atoms with van der Waals surface area (Å²) in [5.74, 6) is -0.429. The van der Waals surface area contributed by atoms with Crippen LogP contribution in [0.15, 0.2) is 18.2 Å². The number of benzene rings is 1. The van der Waals surface area contributed by atoms with Gasteiger partial charge in [-0.05, 0) is 39.8 Å². The van der Waals surface area contributed by atoms with Crippen LogP contribution in [0.4, 0.5) is 11.4 Å². The molecule has 1 aromatic rings. The first-order valence-corrected chi connectivity index (χ1v) is 6.62. The van der Waals surface area contributed by atoms with Crippen LogP contribution < -0.4 is 5.32 Å². The van der Waals surface area contributed by atoms with E-state index < -0.39 is 21.8 Å². The van der Waals surface area contributed by atoms with Crippen molar-refractivity contribution >= 4 is 17.3 Å². The average molecular weight is 305 g/mol. The molecule has 0 fully saturated rings. The quantitative estimate of drug-likeness (QED) is 0.509. The monoisotopic (exact) mass is 305 g/mol. The van der Waals surface area contributed by atoms with Gasteiger partial charge in [0, 0.05) is 11.6 Å². The summed E-state index contributed by atoms with van der Waals surface area (Å²) in [7, 11) is 1.30. The zero-order valence-corrected chi connectivity index (χ0v) is 13.3. The van der Waals surface area contributed by atoms with Crippen molar-refractivity contribution in [1.29, 1.82) is 5.26 Å². The molecule has 0 heterocycles. The fraction of sp³-hybridized carbons (Fsp3) is 0.467. The maximum atomic E-state index is 12.0. The Labute approximate surface area is 129 Å². The lowest BCUT2D eigenvalue weighted by Crippen LogP contribution is -2.51. The van der Waals surface area contributed by atoms with Crippen molar-refractivity contribution in [3.05, 3.63) is 33.9 Å². The second-order valence-corrected chi connectivity index (χ2v) is 5.97. The lowest BCUT2D eigenvalue weighted by molar-refractivity contribution is -0.384. The molecule has 1 aromatic carbocycles. The molecule has 0 aliphatic heterocycles. The Bertz CT molecular complexity index is 645. The molecule has 22 heavy (non-hydrogen) atoms. The van der Waals surface area contributed by atoms with Crippen molar-refractivity contribution in [2.75, 3.05) is 12.4 Å². The van der Waals surface area contributed by atoms with E-state index in [1.807, 2.05) is 6.07 Å². The Morgan fingerprint density at radius 1 is 1.36 bits per heavy atom. The Kier molecular flexibility index (Phi) is 4.77. The normalized spacial score (nSPS) is 11.5. The summed E-state index contributed by atoms with van der Waals surface area (Å²) in [5, 5.41) is 23.1. The molecule has 0 aliphatic carbocycles. The van der Waals surface area contributed by atoms with Gasteiger partial charge in [0.05, 0.1) is 29.1 Å². The zero-order valence-electron chi connectivity index (χ0n) is 13.3. The molecule has 0 aromatic heterocycles. The maximum absolute atomic E-state index is 12.0. The molecule has 0 bridgehead atoms. The van der Waals surface area contributed by atoms with Gasteiger partial charge in [-0.3, -0.25) is 14.9 Å². The van der Waals surface area contributed by atoms with Crippen LogP contribution >= 0.6 is 0 Å². The fourth-order valence-electron chi connectivity index (χ4n) is 1.86. The van der Waals surface area contributed by atoms with Crippen LogP contribution in [0.3, 0.4) is 0 Å². The van der Waals surface area contributed by atoms with E-state index in [0.29, 0.717) is 0 Å². The predicted molar refractivity (Wildman–Crippen MR) is 81.3 cm³/mol. The molecular weight excluding hydrogens is 286 g/mol. The number of rotatable bonds is 5. The van der Waals surface area contributed by atoms with Crippen molar-refractivity contribution < 1.29 is 14.5 Å². The number of hydrogen-bond donors (Lipinski definition) is 1. The van der Waals surface area contributed by atoms with E-state index in [-0.39, 0.29) is 16.9 Å². The van der Waals surface area contributed by atoms with Crippen LogP contribution in [0.2, 0.25) is 0 Å². The highest BCUT2D eigenvalue weighted by Crippen LogP contribution is 2.37. The van der Waals surface area contributed by atoms with Gasteiger partial charge in [-0.1, -0.05) is 0 Å². The highest BCUT2D eigenvalue weighted by molar-refractivity contribution is 5.79. The van der Waals surface area contributed by atoms with E-state index in [4.69, 9.17) is 10.00 Å². The van der Waals surface area contributed by atoms with Gasteiger partial charge in [-0.25, -0.2) is 0 Å². The molecule has 0 aliphatic rings. The summed E-state index contributed by atoms with van der Waals surface area (Å²) in [5.41, 5.74) is -1.52. The van der Waals surface area contributed by atoms with Gasteiger partial charge in [-0.2, -0.15) is 5.26 Å². The lowest BCUT2D eigenvalue weighted by Gasteiger charge is -2.40. The van der Waals surface area contributed by atoms with Gasteiger partial charge in [0.1, 0.15) is 5.69 Å². The number of hydrogen-bond acceptors (Lipinski definition) is 6. The van der Waals surface area contributed by atoms with Gasteiger partial charge < -0.3 is 10.1 Å². The number of nitrogens with zero attached hydrogens (tertiary/aromatic N) is 2. The van der Waals surface area contributed by atoms with Crippen LogP contribution in [0.1, 0.15) is 33.3 Å². The Balaban J connectivity index is 3.26. The van der Waals surface area contributed by atoms with Gasteiger partial charge in [0.25, 0.3) is 5.69 Å². The molecule has 0 unspecified atom stereocenters. The van der Waals surface area contributed by atoms with Crippen molar-refractivity contribution in [2.45, 2.75) is 33.2 Å².